The summed E-state index contributed by atoms with van der Waals surface area (Å²) in [5.41, 5.74) is 32.4. The summed E-state index contributed by atoms with van der Waals surface area (Å²) >= 11 is 0. The van der Waals surface area contributed by atoms with E-state index in [0.29, 0.717) is 0 Å². The highest BCUT2D eigenvalue weighted by molar-refractivity contribution is 7.00. The van der Waals surface area contributed by atoms with E-state index in [0.717, 1.165) is 50.9 Å². The van der Waals surface area contributed by atoms with Crippen LogP contribution in [0.15, 0.2) is 291 Å². The van der Waals surface area contributed by atoms with E-state index in [1.54, 1.807) is 0 Å². The fourth-order valence-electron chi connectivity index (χ4n) is 18.9. The van der Waals surface area contributed by atoms with Gasteiger partial charge in [0.05, 0.1) is 33.4 Å². The molecule has 4 nitrogen and oxygen atoms in total. The zero-order valence-electron chi connectivity index (χ0n) is 66.6. The molecular formula is C106H93BN4. The van der Waals surface area contributed by atoms with Gasteiger partial charge in [-0.3, -0.25) is 0 Å². The Bertz CT molecular complexity index is 6690. The summed E-state index contributed by atoms with van der Waals surface area (Å²) in [6.45, 7) is 35.4. The van der Waals surface area contributed by atoms with Crippen LogP contribution in [0.2, 0.25) is 0 Å². The van der Waals surface area contributed by atoms with Gasteiger partial charge in [-0.2, -0.15) is 0 Å². The molecule has 0 fully saturated rings. The van der Waals surface area contributed by atoms with E-state index in [4.69, 9.17) is 0 Å². The largest absolute Gasteiger partial charge is 0.310 e. The minimum absolute atomic E-state index is 0.123. The van der Waals surface area contributed by atoms with Gasteiger partial charge in [0.15, 0.2) is 0 Å². The number of hydrogen-bond donors (Lipinski definition) is 0. The Hall–Kier alpha value is -11.9. The molecule has 111 heavy (non-hydrogen) atoms. The van der Waals surface area contributed by atoms with Crippen molar-refractivity contribution in [2.24, 2.45) is 0 Å². The van der Waals surface area contributed by atoms with Crippen LogP contribution in [0.5, 0.6) is 0 Å². The molecule has 5 heteroatoms. The highest BCUT2D eigenvalue weighted by atomic mass is 15.2. The monoisotopic (exact) mass is 1430 g/mol. The molecule has 2 aliphatic rings. The van der Waals surface area contributed by atoms with Crippen LogP contribution in [-0.4, -0.2) is 15.8 Å². The first-order valence-electron chi connectivity index (χ1n) is 39.9. The summed E-state index contributed by atoms with van der Waals surface area (Å²) in [4.78, 5) is 5.56. The third kappa shape index (κ3) is 10.6. The first-order valence-corrected chi connectivity index (χ1v) is 39.9. The second kappa shape index (κ2) is 24.3. The van der Waals surface area contributed by atoms with Gasteiger partial charge in [0.25, 0.3) is 6.71 Å². The Kier molecular flexibility index (Phi) is 15.0. The van der Waals surface area contributed by atoms with E-state index in [1.807, 2.05) is 0 Å². The van der Waals surface area contributed by atoms with Crippen molar-refractivity contribution in [3.05, 3.63) is 319 Å². The number of fused-ring (bicyclic) bond motifs is 8. The number of rotatable bonds is 8. The third-order valence-electron chi connectivity index (χ3n) is 24.7. The average Bonchev–Trinajstić information content (AvgIpc) is 1.67. The molecule has 0 aliphatic carbocycles. The van der Waals surface area contributed by atoms with Crippen molar-refractivity contribution < 1.29 is 0 Å². The molecule has 0 N–H and O–H groups in total. The summed E-state index contributed by atoms with van der Waals surface area (Å²) in [6.07, 6.45) is 0. The van der Waals surface area contributed by atoms with Crippen LogP contribution in [0.3, 0.4) is 0 Å². The molecule has 20 rings (SSSR count). The van der Waals surface area contributed by atoms with Gasteiger partial charge in [-0.25, -0.2) is 0 Å². The number of benzene rings is 16. The van der Waals surface area contributed by atoms with Crippen molar-refractivity contribution in [1.29, 1.82) is 0 Å². The maximum absolute atomic E-state index is 2.79. The predicted molar refractivity (Wildman–Crippen MR) is 479 cm³/mol. The fourth-order valence-corrected chi connectivity index (χ4v) is 18.9. The molecule has 2 aliphatic heterocycles. The molecule has 0 radical (unpaired) electrons. The van der Waals surface area contributed by atoms with Crippen molar-refractivity contribution in [2.75, 3.05) is 9.80 Å². The summed E-state index contributed by atoms with van der Waals surface area (Å²) in [6, 6.07) is 114. The SMILES string of the molecule is CC(C)(C)c1cccc(-c2cc(C(C)(C)C)cc(-c3ccccc3)c2N2c3cc(-n4c5ccccc5c5ccccc54)ccc3B3c4ccc(-n5c6ccc7cccc8c9cccc%10ccc5c(c%109)c6c78)cc4N(c4c(-c5ccccc5)cc(C(C)(C)C)cc4-c4cccc(C(C)(C)C)c4)c4cc(C(C)(C)C)cc2c43)c1. The Morgan fingerprint density at radius 2 is 0.577 bits per heavy atom. The second-order valence-electron chi connectivity index (χ2n) is 36.9. The topological polar surface area (TPSA) is 16.3 Å². The van der Waals surface area contributed by atoms with Crippen LogP contribution in [0, 0.1) is 0 Å². The fraction of sp³-hybridized carbons (Fsp3) is 0.189. The lowest BCUT2D eigenvalue weighted by Gasteiger charge is -2.47. The number of nitrogens with zero attached hydrogens (tertiary/aromatic N) is 4. The first-order chi connectivity index (χ1) is 53.2. The maximum atomic E-state index is 2.79. The Morgan fingerprint density at radius 1 is 0.234 bits per heavy atom. The van der Waals surface area contributed by atoms with Gasteiger partial charge in [-0.15, -0.1) is 0 Å². The second-order valence-corrected chi connectivity index (χ2v) is 36.9. The molecule has 0 amide bonds. The lowest BCUT2D eigenvalue weighted by molar-refractivity contribution is 0.589. The van der Waals surface area contributed by atoms with E-state index >= 15 is 0 Å². The molecule has 0 saturated heterocycles. The Balaban J connectivity index is 0.983. The van der Waals surface area contributed by atoms with Gasteiger partial charge in [-0.05, 0) is 211 Å². The van der Waals surface area contributed by atoms with Crippen molar-refractivity contribution >= 4 is 133 Å². The molecule has 0 unspecified atom stereocenters. The molecule has 0 saturated carbocycles. The smallest absolute Gasteiger partial charge is 0.252 e. The lowest BCUT2D eigenvalue weighted by atomic mass is 9.33. The van der Waals surface area contributed by atoms with Crippen LogP contribution < -0.4 is 26.2 Å². The highest BCUT2D eigenvalue weighted by Gasteiger charge is 2.47. The van der Waals surface area contributed by atoms with Gasteiger partial charge < -0.3 is 18.9 Å². The average molecular weight is 1430 g/mol. The standard InChI is InChI=1S/C106H93BN4/c1-102(2,3)70-38-26-36-68(54-70)83-58-72(104(7,8)9)56-81(64-30-18-16-19-31-64)100(83)110-91-62-75(108-87-44-24-22-40-77(87)78-41-23-25-45-88(78)108)48-50-85(91)107-86-51-49-76(109-89-52-46-66-34-28-42-79-80-43-29-35-67-47-53-90(109)98(96(67)80)97(89)95(66)79)63-92(86)111(94-61-74(106(13,14)15)60-93(110)99(94)107)101-82(65-32-20-17-21-33-65)57-73(105(10,11)12)59-84(101)69-37-27-39-71(55-69)103(4,5)6/h16-63H,1-15H3. The van der Waals surface area contributed by atoms with E-state index in [-0.39, 0.29) is 33.8 Å². The van der Waals surface area contributed by atoms with Crippen LogP contribution in [-0.2, 0) is 27.1 Å². The van der Waals surface area contributed by atoms with Crippen molar-refractivity contribution in [2.45, 2.75) is 131 Å². The van der Waals surface area contributed by atoms with Crippen molar-refractivity contribution in [3.63, 3.8) is 0 Å². The molecule has 4 heterocycles. The van der Waals surface area contributed by atoms with E-state index in [9.17, 15) is 0 Å². The zero-order chi connectivity index (χ0) is 76.3. The van der Waals surface area contributed by atoms with Crippen molar-refractivity contribution in [1.82, 2.24) is 9.13 Å². The number of aromatic nitrogens is 2. The van der Waals surface area contributed by atoms with E-state index in [1.165, 1.54) is 159 Å². The Morgan fingerprint density at radius 3 is 0.982 bits per heavy atom. The van der Waals surface area contributed by atoms with Gasteiger partial charge in [0, 0.05) is 77.9 Å². The van der Waals surface area contributed by atoms with Gasteiger partial charge >= 0.3 is 0 Å². The number of hydrogen-bond acceptors (Lipinski definition) is 2. The van der Waals surface area contributed by atoms with Crippen LogP contribution in [0.4, 0.5) is 34.1 Å². The van der Waals surface area contributed by atoms with Gasteiger partial charge in [0.2, 0.25) is 0 Å². The normalized spacial score (nSPS) is 13.5. The van der Waals surface area contributed by atoms with E-state index < -0.39 is 0 Å². The van der Waals surface area contributed by atoms with Gasteiger partial charge in [-0.1, -0.05) is 310 Å². The third-order valence-corrected chi connectivity index (χ3v) is 24.7. The predicted octanol–water partition coefficient (Wildman–Crippen LogP) is 27.5. The first kappa shape index (κ1) is 68.4. The zero-order valence-corrected chi connectivity index (χ0v) is 66.6. The van der Waals surface area contributed by atoms with Crippen LogP contribution in [0.25, 0.3) is 132 Å². The summed E-state index contributed by atoms with van der Waals surface area (Å²) < 4.78 is 5.13. The molecular weight excluding hydrogens is 1340 g/mol. The molecule has 16 aromatic carbocycles. The minimum atomic E-state index is -0.353. The van der Waals surface area contributed by atoms with Crippen LogP contribution >= 0.6 is 0 Å². The number of anilines is 6. The Labute approximate surface area is 653 Å². The minimum Gasteiger partial charge on any atom is -0.310 e. The molecule has 18 aromatic rings. The highest BCUT2D eigenvalue weighted by Crippen LogP contribution is 2.57. The maximum Gasteiger partial charge on any atom is 0.252 e. The number of para-hydroxylation sites is 2. The quantitative estimate of drug-likeness (QED) is 0.0856. The molecule has 540 valence electrons. The summed E-state index contributed by atoms with van der Waals surface area (Å²) in [5.74, 6) is 0. The van der Waals surface area contributed by atoms with E-state index in [2.05, 4.69) is 414 Å². The van der Waals surface area contributed by atoms with Gasteiger partial charge in [0.1, 0.15) is 0 Å². The summed E-state index contributed by atoms with van der Waals surface area (Å²) in [5, 5.41) is 12.9. The molecule has 0 bridgehead atoms. The molecule has 2 aromatic heterocycles. The molecule has 0 spiro atoms. The van der Waals surface area contributed by atoms with Crippen molar-refractivity contribution in [3.8, 4) is 55.9 Å². The lowest BCUT2D eigenvalue weighted by Crippen LogP contribution is -2.61. The molecule has 0 atom stereocenters. The summed E-state index contributed by atoms with van der Waals surface area (Å²) in [7, 11) is 0. The van der Waals surface area contributed by atoms with Crippen LogP contribution in [0.1, 0.15) is 132 Å².